The Kier molecular flexibility index (Phi) is 4.72. The van der Waals surface area contributed by atoms with E-state index in [0.29, 0.717) is 6.61 Å². The van der Waals surface area contributed by atoms with Gasteiger partial charge in [0.05, 0.1) is 18.7 Å². The summed E-state index contributed by atoms with van der Waals surface area (Å²) in [7, 11) is 1.66. The summed E-state index contributed by atoms with van der Waals surface area (Å²) < 4.78 is 10.8. The summed E-state index contributed by atoms with van der Waals surface area (Å²) in [6, 6.07) is 8.40. The third-order valence-electron chi connectivity index (χ3n) is 3.39. The van der Waals surface area contributed by atoms with E-state index in [1.807, 2.05) is 30.5 Å². The summed E-state index contributed by atoms with van der Waals surface area (Å²) in [4.78, 5) is 5.76. The van der Waals surface area contributed by atoms with Crippen molar-refractivity contribution in [3.8, 4) is 11.5 Å². The molecule has 0 saturated heterocycles. The van der Waals surface area contributed by atoms with E-state index in [2.05, 4.69) is 10.3 Å². The van der Waals surface area contributed by atoms with Crippen LogP contribution in [0.5, 0.6) is 11.5 Å². The maximum Gasteiger partial charge on any atom is 0.119 e. The first-order chi connectivity index (χ1) is 10.3. The highest BCUT2D eigenvalue weighted by molar-refractivity contribution is 7.11. The second-order valence-corrected chi connectivity index (χ2v) is 6.35. The van der Waals surface area contributed by atoms with Crippen LogP contribution in [0.4, 0.5) is 0 Å². The fourth-order valence-corrected chi connectivity index (χ4v) is 2.86. The Bertz CT molecular complexity index is 564. The monoisotopic (exact) mass is 304 g/mol. The van der Waals surface area contributed by atoms with Crippen molar-refractivity contribution in [3.63, 3.8) is 0 Å². The maximum atomic E-state index is 5.72. The number of hydrogen-bond acceptors (Lipinski definition) is 5. The van der Waals surface area contributed by atoms with Gasteiger partial charge in [-0.05, 0) is 37.1 Å². The van der Waals surface area contributed by atoms with Crippen molar-refractivity contribution in [2.24, 2.45) is 0 Å². The first kappa shape index (κ1) is 14.4. The van der Waals surface area contributed by atoms with Crippen LogP contribution in [0, 0.1) is 0 Å². The van der Waals surface area contributed by atoms with E-state index in [9.17, 15) is 0 Å². The third-order valence-corrected chi connectivity index (χ3v) is 4.44. The molecule has 1 heterocycles. The van der Waals surface area contributed by atoms with Gasteiger partial charge in [0.2, 0.25) is 0 Å². The highest BCUT2D eigenvalue weighted by Crippen LogP contribution is 2.21. The molecule has 2 aromatic rings. The van der Waals surface area contributed by atoms with Gasteiger partial charge in [-0.2, -0.15) is 0 Å². The maximum absolute atomic E-state index is 5.72. The molecule has 0 spiro atoms. The summed E-state index contributed by atoms with van der Waals surface area (Å²) in [5, 5.41) is 4.64. The van der Waals surface area contributed by atoms with Crippen LogP contribution in [0.2, 0.25) is 0 Å². The van der Waals surface area contributed by atoms with Crippen LogP contribution in [0.1, 0.15) is 22.7 Å². The van der Waals surface area contributed by atoms with Crippen LogP contribution in [0.25, 0.3) is 0 Å². The van der Waals surface area contributed by atoms with Crippen LogP contribution in [-0.4, -0.2) is 24.7 Å². The lowest BCUT2D eigenvalue weighted by atomic mass is 10.3. The van der Waals surface area contributed by atoms with Gasteiger partial charge >= 0.3 is 0 Å². The fraction of sp³-hybridized carbons (Fsp3) is 0.438. The van der Waals surface area contributed by atoms with Gasteiger partial charge in [0, 0.05) is 30.1 Å². The van der Waals surface area contributed by atoms with E-state index in [1.165, 1.54) is 17.7 Å². The molecule has 1 aromatic carbocycles. The Hall–Kier alpha value is -1.59. The van der Waals surface area contributed by atoms with Gasteiger partial charge < -0.3 is 14.8 Å². The van der Waals surface area contributed by atoms with Gasteiger partial charge in [-0.1, -0.05) is 0 Å². The smallest absolute Gasteiger partial charge is 0.119 e. The third kappa shape index (κ3) is 4.44. The average Bonchev–Trinajstić information content (AvgIpc) is 3.25. The first-order valence-corrected chi connectivity index (χ1v) is 8.09. The molecule has 0 radical (unpaired) electrons. The summed E-state index contributed by atoms with van der Waals surface area (Å²) in [6.07, 6.45) is 5.46. The lowest BCUT2D eigenvalue weighted by Crippen LogP contribution is -2.14. The van der Waals surface area contributed by atoms with Gasteiger partial charge in [-0.3, -0.25) is 0 Å². The molecule has 0 amide bonds. The van der Waals surface area contributed by atoms with Crippen molar-refractivity contribution in [1.82, 2.24) is 10.3 Å². The van der Waals surface area contributed by atoms with Gasteiger partial charge in [-0.25, -0.2) is 4.98 Å². The zero-order valence-corrected chi connectivity index (χ0v) is 13.0. The Morgan fingerprint density at radius 3 is 2.71 bits per heavy atom. The molecule has 1 aliphatic carbocycles. The molecule has 5 heteroatoms. The Labute approximate surface area is 129 Å². The predicted molar refractivity (Wildman–Crippen MR) is 84.2 cm³/mol. The number of methoxy groups -OCH3 is 1. The summed E-state index contributed by atoms with van der Waals surface area (Å²) >= 11 is 1.77. The number of nitrogens with one attached hydrogen (secondary N) is 1. The molecule has 0 atom stereocenters. The van der Waals surface area contributed by atoms with E-state index >= 15 is 0 Å². The highest BCUT2D eigenvalue weighted by atomic mass is 32.1. The van der Waals surface area contributed by atoms with Gasteiger partial charge in [0.1, 0.15) is 11.5 Å². The first-order valence-electron chi connectivity index (χ1n) is 7.27. The summed E-state index contributed by atoms with van der Waals surface area (Å²) in [5.41, 5.74) is 0. The van der Waals surface area contributed by atoms with Gasteiger partial charge in [0.15, 0.2) is 0 Å². The number of hydrogen-bond donors (Lipinski definition) is 1. The molecule has 1 N–H and O–H groups in total. The molecule has 1 aromatic heterocycles. The van der Waals surface area contributed by atoms with Crippen molar-refractivity contribution < 1.29 is 9.47 Å². The normalized spacial score (nSPS) is 14.1. The topological polar surface area (TPSA) is 43.4 Å². The molecule has 1 fully saturated rings. The number of rotatable bonds is 8. The van der Waals surface area contributed by atoms with Crippen molar-refractivity contribution in [2.75, 3.05) is 13.7 Å². The van der Waals surface area contributed by atoms with Gasteiger partial charge in [0.25, 0.3) is 0 Å². The van der Waals surface area contributed by atoms with E-state index in [4.69, 9.17) is 9.47 Å². The predicted octanol–water partition coefficient (Wildman–Crippen LogP) is 3.03. The molecule has 0 bridgehead atoms. The largest absolute Gasteiger partial charge is 0.497 e. The summed E-state index contributed by atoms with van der Waals surface area (Å²) in [5.74, 6) is 1.71. The zero-order chi connectivity index (χ0) is 14.5. The van der Waals surface area contributed by atoms with Crippen LogP contribution < -0.4 is 14.8 Å². The number of aromatic nitrogens is 1. The molecule has 0 unspecified atom stereocenters. The molecule has 3 rings (SSSR count). The minimum absolute atomic E-state index is 0.648. The molecule has 0 aliphatic heterocycles. The van der Waals surface area contributed by atoms with E-state index < -0.39 is 0 Å². The average molecular weight is 304 g/mol. The Balaban J connectivity index is 1.41. The van der Waals surface area contributed by atoms with E-state index in [-0.39, 0.29) is 0 Å². The zero-order valence-electron chi connectivity index (χ0n) is 12.2. The Morgan fingerprint density at radius 2 is 2.00 bits per heavy atom. The lowest BCUT2D eigenvalue weighted by molar-refractivity contribution is 0.321. The van der Waals surface area contributed by atoms with E-state index in [1.54, 1.807) is 18.4 Å². The Morgan fingerprint density at radius 1 is 1.24 bits per heavy atom. The van der Waals surface area contributed by atoms with Crippen molar-refractivity contribution >= 4 is 11.3 Å². The SMILES string of the molecule is COc1ccc(OCCc2ncc(CNC3CC3)s2)cc1. The van der Waals surface area contributed by atoms with Gasteiger partial charge in [-0.15, -0.1) is 11.3 Å². The van der Waals surface area contributed by atoms with Crippen molar-refractivity contribution in [2.45, 2.75) is 31.8 Å². The molecular formula is C16H20N2O2S. The number of nitrogens with zero attached hydrogens (tertiary/aromatic N) is 1. The minimum Gasteiger partial charge on any atom is -0.497 e. The fourth-order valence-electron chi connectivity index (χ4n) is 2.01. The standard InChI is InChI=1S/C16H20N2O2S/c1-19-13-4-6-14(7-5-13)20-9-8-16-18-11-15(21-16)10-17-12-2-3-12/h4-7,11-12,17H,2-3,8-10H2,1H3. The molecule has 112 valence electrons. The quantitative estimate of drug-likeness (QED) is 0.814. The van der Waals surface area contributed by atoms with E-state index in [0.717, 1.165) is 35.5 Å². The number of ether oxygens (including phenoxy) is 2. The van der Waals surface area contributed by atoms with Crippen LogP contribution in [0.3, 0.4) is 0 Å². The van der Waals surface area contributed by atoms with Crippen LogP contribution in [0.15, 0.2) is 30.5 Å². The highest BCUT2D eigenvalue weighted by Gasteiger charge is 2.20. The minimum atomic E-state index is 0.648. The second kappa shape index (κ2) is 6.91. The molecule has 21 heavy (non-hydrogen) atoms. The molecule has 1 saturated carbocycles. The van der Waals surface area contributed by atoms with Crippen molar-refractivity contribution in [3.05, 3.63) is 40.3 Å². The molecule has 1 aliphatic rings. The van der Waals surface area contributed by atoms with Crippen molar-refractivity contribution in [1.29, 1.82) is 0 Å². The second-order valence-electron chi connectivity index (χ2n) is 5.15. The lowest BCUT2D eigenvalue weighted by Gasteiger charge is -2.05. The van der Waals surface area contributed by atoms with Crippen LogP contribution in [-0.2, 0) is 13.0 Å². The number of thiazole rings is 1. The summed E-state index contributed by atoms with van der Waals surface area (Å²) in [6.45, 7) is 1.59. The molecular weight excluding hydrogens is 284 g/mol. The van der Waals surface area contributed by atoms with Crippen LogP contribution >= 0.6 is 11.3 Å². The number of benzene rings is 1. The molecule has 4 nitrogen and oxygen atoms in total.